The molecule has 0 bridgehead atoms. The van der Waals surface area contributed by atoms with Crippen molar-refractivity contribution in [2.75, 3.05) is 10.7 Å². The third-order valence-corrected chi connectivity index (χ3v) is 6.49. The number of anilines is 1. The molecule has 1 amide bonds. The largest absolute Gasteiger partial charge is 0.325 e. The van der Waals surface area contributed by atoms with Crippen LogP contribution in [-0.4, -0.2) is 21.7 Å². The van der Waals surface area contributed by atoms with Crippen LogP contribution in [0.4, 0.5) is 5.69 Å². The number of benzene rings is 1. The van der Waals surface area contributed by atoms with Crippen molar-refractivity contribution in [3.63, 3.8) is 0 Å². The quantitative estimate of drug-likeness (QED) is 0.406. The number of H-pyrrole nitrogens is 1. The molecule has 1 unspecified atom stereocenters. The van der Waals surface area contributed by atoms with Gasteiger partial charge in [-0.05, 0) is 40.7 Å². The number of carbonyl (C=O) groups is 1. The summed E-state index contributed by atoms with van der Waals surface area (Å²) in [5.74, 6) is 0.517. The Balaban J connectivity index is 2.05. The molecule has 142 valence electrons. The van der Waals surface area contributed by atoms with Crippen molar-refractivity contribution < 1.29 is 9.48 Å². The van der Waals surface area contributed by atoms with E-state index in [2.05, 4.69) is 11.6 Å². The van der Waals surface area contributed by atoms with Crippen LogP contribution in [0.2, 0.25) is 0 Å². The lowest BCUT2D eigenvalue weighted by Gasteiger charge is -2.31. The summed E-state index contributed by atoms with van der Waals surface area (Å²) in [6.07, 6.45) is 1.25. The van der Waals surface area contributed by atoms with E-state index in [-0.39, 0.29) is 11.5 Å². The van der Waals surface area contributed by atoms with Gasteiger partial charge in [0.2, 0.25) is 11.1 Å². The fraction of sp³-hybridized carbons (Fsp3) is 0.200. The van der Waals surface area contributed by atoms with Gasteiger partial charge in [-0.3, -0.25) is 14.6 Å². The van der Waals surface area contributed by atoms with Gasteiger partial charge >= 0.3 is 17.4 Å². The van der Waals surface area contributed by atoms with Crippen LogP contribution in [-0.2, 0) is 4.79 Å². The normalized spacial score (nSPS) is 15.1. The van der Waals surface area contributed by atoms with Crippen molar-refractivity contribution in [1.82, 2.24) is 10.1 Å². The zero-order valence-electron chi connectivity index (χ0n) is 15.5. The smallest absolute Gasteiger partial charge is 0.291 e. The molecule has 4 rings (SSSR count). The van der Waals surface area contributed by atoms with Gasteiger partial charge in [-0.1, -0.05) is 30.0 Å². The van der Waals surface area contributed by atoms with Crippen molar-refractivity contribution in [2.45, 2.75) is 25.2 Å². The number of rotatable bonds is 4. The molecule has 2 aromatic heterocycles. The molecule has 0 aliphatic carbocycles. The Hall–Kier alpha value is -2.71. The van der Waals surface area contributed by atoms with Crippen LogP contribution >= 0.6 is 23.1 Å². The summed E-state index contributed by atoms with van der Waals surface area (Å²) in [6.45, 7) is 7.27. The summed E-state index contributed by atoms with van der Waals surface area (Å²) in [4.78, 5) is 31.3. The zero-order chi connectivity index (χ0) is 19.8. The number of thioether (sulfide) groups is 1. The molecule has 1 N–H and O–H groups in total. The minimum Gasteiger partial charge on any atom is -0.291 e. The van der Waals surface area contributed by atoms with Gasteiger partial charge in [-0.15, -0.1) is 17.9 Å². The van der Waals surface area contributed by atoms with Gasteiger partial charge in [0.05, 0.1) is 11.3 Å². The number of fused-ring (bicyclic) bond motifs is 3. The molecule has 0 radical (unpaired) electrons. The maximum atomic E-state index is 13.0. The second-order valence-electron chi connectivity index (χ2n) is 6.40. The first-order valence-electron chi connectivity index (χ1n) is 8.76. The molecule has 0 saturated carbocycles. The Morgan fingerprint density at radius 1 is 1.43 bits per heavy atom. The Kier molecular flexibility index (Phi) is 4.91. The number of nitrogens with zero attached hydrogens (tertiary/aromatic N) is 3. The van der Waals surface area contributed by atoms with Crippen molar-refractivity contribution >= 4 is 34.7 Å². The summed E-state index contributed by atoms with van der Waals surface area (Å²) in [5.41, 5.74) is 2.69. The highest BCUT2D eigenvalue weighted by Crippen LogP contribution is 2.39. The number of nitrogens with one attached hydrogen (secondary N) is 1. The van der Waals surface area contributed by atoms with Crippen LogP contribution in [0.3, 0.4) is 0 Å². The second kappa shape index (κ2) is 7.37. The molecule has 0 saturated heterocycles. The lowest BCUT2D eigenvalue weighted by molar-refractivity contribution is -0.762. The van der Waals surface area contributed by atoms with Crippen molar-refractivity contribution in [1.29, 1.82) is 0 Å². The lowest BCUT2D eigenvalue weighted by Crippen LogP contribution is -2.60. The highest BCUT2D eigenvalue weighted by atomic mass is 32.2. The topological polar surface area (TPSA) is 69.9 Å². The average Bonchev–Trinajstić information content (AvgIpc) is 3.10. The van der Waals surface area contributed by atoms with E-state index in [1.807, 2.05) is 42.6 Å². The van der Waals surface area contributed by atoms with E-state index in [0.29, 0.717) is 27.9 Å². The van der Waals surface area contributed by atoms with E-state index >= 15 is 0 Å². The van der Waals surface area contributed by atoms with Gasteiger partial charge in [0.25, 0.3) is 0 Å². The fourth-order valence-electron chi connectivity index (χ4n) is 3.40. The first-order valence-corrected chi connectivity index (χ1v) is 10.6. The van der Waals surface area contributed by atoms with Gasteiger partial charge in [0.1, 0.15) is 4.88 Å². The highest BCUT2D eigenvalue weighted by molar-refractivity contribution is 7.99. The summed E-state index contributed by atoms with van der Waals surface area (Å²) in [6, 6.07) is 9.47. The first-order chi connectivity index (χ1) is 13.5. The Bertz CT molecular complexity index is 1140. The van der Waals surface area contributed by atoms with Crippen LogP contribution in [0.5, 0.6) is 0 Å². The SMILES string of the molecule is C=CCSc1n[n+]2c(c(=O)[nH]1)-c1ccccc1N(C(C)=O)C2c1sccc1C. The van der Waals surface area contributed by atoms with Gasteiger partial charge in [-0.2, -0.15) is 0 Å². The molecule has 6 nitrogen and oxygen atoms in total. The fourth-order valence-corrected chi connectivity index (χ4v) is 4.99. The van der Waals surface area contributed by atoms with Crippen LogP contribution in [0, 0.1) is 6.92 Å². The number of carbonyl (C=O) groups excluding carboxylic acids is 1. The average molecular weight is 412 g/mol. The molecule has 3 aromatic rings. The minimum absolute atomic E-state index is 0.106. The standard InChI is InChI=1S/C20H18N4O2S2/c1-4-10-28-20-21-18(26)16-14-7-5-6-8-15(14)23(13(3)25)19(24(16)22-20)17-12(2)9-11-27-17/h4-9,11,19H,1,10H2,2-3H3/p+1. The number of aromatic amines is 1. The molecule has 28 heavy (non-hydrogen) atoms. The van der Waals surface area contributed by atoms with E-state index in [0.717, 1.165) is 10.4 Å². The minimum atomic E-state index is -0.507. The van der Waals surface area contributed by atoms with Crippen molar-refractivity contribution in [2.24, 2.45) is 0 Å². The van der Waals surface area contributed by atoms with Crippen LogP contribution < -0.4 is 15.1 Å². The lowest BCUT2D eigenvalue weighted by atomic mass is 10.0. The first kappa shape index (κ1) is 18.6. The highest BCUT2D eigenvalue weighted by Gasteiger charge is 2.45. The molecule has 1 aliphatic heterocycles. The summed E-state index contributed by atoms with van der Waals surface area (Å²) in [5, 5.41) is 7.20. The van der Waals surface area contributed by atoms with Crippen molar-refractivity contribution in [3.8, 4) is 11.3 Å². The van der Waals surface area contributed by atoms with Gasteiger partial charge in [0, 0.05) is 17.8 Å². The molecule has 1 aromatic carbocycles. The van der Waals surface area contributed by atoms with Crippen LogP contribution in [0.1, 0.15) is 23.5 Å². The maximum absolute atomic E-state index is 13.0. The van der Waals surface area contributed by atoms with E-state index in [4.69, 9.17) is 5.10 Å². The monoisotopic (exact) mass is 411 g/mol. The molecular formula is C20H19N4O2S2+. The van der Waals surface area contributed by atoms with E-state index in [1.54, 1.807) is 33.9 Å². The predicted octanol–water partition coefficient (Wildman–Crippen LogP) is 3.29. The van der Waals surface area contributed by atoms with Crippen LogP contribution in [0.25, 0.3) is 11.3 Å². The zero-order valence-corrected chi connectivity index (χ0v) is 17.1. The molecule has 3 heterocycles. The van der Waals surface area contributed by atoms with E-state index < -0.39 is 6.17 Å². The number of hydrogen-bond donors (Lipinski definition) is 1. The Morgan fingerprint density at radius 3 is 2.89 bits per heavy atom. The van der Waals surface area contributed by atoms with Gasteiger partial charge in [-0.25, -0.2) is 4.90 Å². The molecule has 8 heteroatoms. The third-order valence-electron chi connectivity index (χ3n) is 4.57. The molecule has 1 atom stereocenters. The van der Waals surface area contributed by atoms with E-state index in [1.165, 1.54) is 11.8 Å². The maximum Gasteiger partial charge on any atom is 0.325 e. The van der Waals surface area contributed by atoms with E-state index in [9.17, 15) is 9.59 Å². The number of thiophene rings is 1. The van der Waals surface area contributed by atoms with Crippen molar-refractivity contribution in [3.05, 3.63) is 69.2 Å². The number of amides is 1. The Morgan fingerprint density at radius 2 is 2.21 bits per heavy atom. The van der Waals surface area contributed by atoms with Gasteiger partial charge < -0.3 is 0 Å². The molecule has 0 fully saturated rings. The molecule has 1 aliphatic rings. The number of hydrogen-bond acceptors (Lipinski definition) is 5. The summed E-state index contributed by atoms with van der Waals surface area (Å²) < 4.78 is 1.69. The number of aryl methyl sites for hydroxylation is 1. The van der Waals surface area contributed by atoms with Crippen LogP contribution in [0.15, 0.2) is 58.3 Å². The molecule has 0 spiro atoms. The summed E-state index contributed by atoms with van der Waals surface area (Å²) in [7, 11) is 0. The van der Waals surface area contributed by atoms with Gasteiger partial charge in [0.15, 0.2) is 0 Å². The third kappa shape index (κ3) is 2.98. The second-order valence-corrected chi connectivity index (χ2v) is 8.36. The number of para-hydroxylation sites is 1. The predicted molar refractivity (Wildman–Crippen MR) is 112 cm³/mol. The number of aromatic nitrogens is 3. The summed E-state index contributed by atoms with van der Waals surface area (Å²) >= 11 is 2.95. The Labute approximate surface area is 170 Å². The molecular weight excluding hydrogens is 392 g/mol.